The van der Waals surface area contributed by atoms with E-state index in [9.17, 15) is 10.2 Å². The summed E-state index contributed by atoms with van der Waals surface area (Å²) < 4.78 is 5.62. The largest absolute Gasteiger partial charge is 0.507 e. The summed E-state index contributed by atoms with van der Waals surface area (Å²) >= 11 is 0. The molecule has 3 nitrogen and oxygen atoms in total. The Labute approximate surface area is 102 Å². The smallest absolute Gasteiger partial charge is 0.206 e. The minimum absolute atomic E-state index is 0.216. The van der Waals surface area contributed by atoms with Crippen molar-refractivity contribution in [3.63, 3.8) is 0 Å². The van der Waals surface area contributed by atoms with Gasteiger partial charge in [-0.2, -0.15) is 0 Å². The van der Waals surface area contributed by atoms with Crippen LogP contribution in [0.25, 0.3) is 0 Å². The van der Waals surface area contributed by atoms with E-state index in [1.165, 1.54) is 0 Å². The lowest BCUT2D eigenvalue weighted by Crippen LogP contribution is -2.44. The van der Waals surface area contributed by atoms with Crippen LogP contribution < -0.4 is 4.74 Å². The summed E-state index contributed by atoms with van der Waals surface area (Å²) in [5.41, 5.74) is 2.40. The molecule has 94 valence electrons. The fourth-order valence-electron chi connectivity index (χ4n) is 3.04. The van der Waals surface area contributed by atoms with Crippen LogP contribution in [0.1, 0.15) is 43.9 Å². The molecule has 3 heteroatoms. The summed E-state index contributed by atoms with van der Waals surface area (Å²) in [6.07, 6.45) is 0.510. The van der Waals surface area contributed by atoms with Crippen molar-refractivity contribution >= 4 is 0 Å². The maximum Gasteiger partial charge on any atom is 0.206 e. The van der Waals surface area contributed by atoms with E-state index >= 15 is 0 Å². The molecule has 0 aromatic heterocycles. The molecule has 17 heavy (non-hydrogen) atoms. The summed E-state index contributed by atoms with van der Waals surface area (Å²) in [5, 5.41) is 20.1. The predicted octanol–water partition coefficient (Wildman–Crippen LogP) is 2.78. The number of aryl methyl sites for hydroxylation is 1. The van der Waals surface area contributed by atoms with Gasteiger partial charge in [0.25, 0.3) is 0 Å². The van der Waals surface area contributed by atoms with Gasteiger partial charge in [0.2, 0.25) is 5.79 Å². The van der Waals surface area contributed by atoms with Gasteiger partial charge in [0.15, 0.2) is 0 Å². The molecule has 0 saturated heterocycles. The number of aromatic hydroxyl groups is 1. The van der Waals surface area contributed by atoms with Crippen LogP contribution in [0.2, 0.25) is 0 Å². The van der Waals surface area contributed by atoms with Gasteiger partial charge in [-0.1, -0.05) is 13.8 Å². The van der Waals surface area contributed by atoms with Gasteiger partial charge in [-0.05, 0) is 36.5 Å². The zero-order valence-corrected chi connectivity index (χ0v) is 11.1. The Morgan fingerprint density at radius 1 is 1.24 bits per heavy atom. The minimum Gasteiger partial charge on any atom is -0.507 e. The van der Waals surface area contributed by atoms with Gasteiger partial charge in [0.1, 0.15) is 11.5 Å². The summed E-state index contributed by atoms with van der Waals surface area (Å²) in [4.78, 5) is 0. The normalized spacial score (nSPS) is 26.2. The Kier molecular flexibility index (Phi) is 2.44. The fourth-order valence-corrected chi connectivity index (χ4v) is 3.04. The minimum atomic E-state index is -1.15. The number of hydrogen-bond acceptors (Lipinski definition) is 3. The monoisotopic (exact) mass is 236 g/mol. The average molecular weight is 236 g/mol. The Balaban J connectivity index is 2.71. The van der Waals surface area contributed by atoms with Crippen molar-refractivity contribution < 1.29 is 14.9 Å². The molecule has 1 heterocycles. The van der Waals surface area contributed by atoms with Gasteiger partial charge in [0, 0.05) is 18.9 Å². The highest BCUT2D eigenvalue weighted by molar-refractivity contribution is 5.56. The number of phenolic OH excluding ortho intramolecular Hbond substituents is 1. The Bertz CT molecular complexity index is 473. The van der Waals surface area contributed by atoms with Gasteiger partial charge >= 0.3 is 0 Å². The van der Waals surface area contributed by atoms with Crippen LogP contribution >= 0.6 is 0 Å². The van der Waals surface area contributed by atoms with E-state index in [0.29, 0.717) is 17.9 Å². The second-order valence-electron chi connectivity index (χ2n) is 5.88. The molecule has 2 rings (SSSR count). The van der Waals surface area contributed by atoms with Crippen LogP contribution in [0, 0.1) is 13.8 Å². The average Bonchev–Trinajstić information content (AvgIpc) is 2.09. The van der Waals surface area contributed by atoms with Gasteiger partial charge < -0.3 is 14.9 Å². The molecule has 0 amide bonds. The molecule has 1 aromatic rings. The lowest BCUT2D eigenvalue weighted by Gasteiger charge is -2.42. The van der Waals surface area contributed by atoms with E-state index in [-0.39, 0.29) is 5.41 Å². The van der Waals surface area contributed by atoms with E-state index in [2.05, 4.69) is 13.8 Å². The predicted molar refractivity (Wildman–Crippen MR) is 66.5 cm³/mol. The van der Waals surface area contributed by atoms with E-state index < -0.39 is 5.79 Å². The standard InChI is InChI=1S/C14H20O3/c1-8-6-10-11(9(2)12(8)15)13(3,4)7-14(5,16)17-10/h6,15-16H,7H2,1-5H3/t14-/m0/s1. The highest BCUT2D eigenvalue weighted by Crippen LogP contribution is 2.48. The molecule has 0 bridgehead atoms. The number of fused-ring (bicyclic) bond motifs is 1. The van der Waals surface area contributed by atoms with Crippen LogP contribution in [-0.2, 0) is 5.41 Å². The first kappa shape index (κ1) is 12.2. The quantitative estimate of drug-likeness (QED) is 0.728. The molecular formula is C14H20O3. The van der Waals surface area contributed by atoms with Gasteiger partial charge in [0.05, 0.1) is 0 Å². The van der Waals surface area contributed by atoms with Crippen LogP contribution in [0.4, 0.5) is 0 Å². The number of phenols is 1. The van der Waals surface area contributed by atoms with Crippen LogP contribution in [-0.4, -0.2) is 16.0 Å². The molecule has 2 N–H and O–H groups in total. The van der Waals surface area contributed by atoms with Crippen LogP contribution in [0.3, 0.4) is 0 Å². The molecule has 0 unspecified atom stereocenters. The molecule has 0 radical (unpaired) electrons. The maximum absolute atomic E-state index is 10.1. The molecule has 1 aromatic carbocycles. The molecule has 0 fully saturated rings. The third kappa shape index (κ3) is 1.89. The highest BCUT2D eigenvalue weighted by atomic mass is 16.6. The highest BCUT2D eigenvalue weighted by Gasteiger charge is 2.42. The van der Waals surface area contributed by atoms with Crippen LogP contribution in [0.15, 0.2) is 6.07 Å². The summed E-state index contributed by atoms with van der Waals surface area (Å²) in [5.74, 6) is -0.146. The maximum atomic E-state index is 10.1. The first-order chi connectivity index (χ1) is 7.64. The van der Waals surface area contributed by atoms with Crippen molar-refractivity contribution in [2.45, 2.75) is 52.2 Å². The molecule has 1 aliphatic rings. The number of aliphatic hydroxyl groups is 1. The lowest BCUT2D eigenvalue weighted by molar-refractivity contribution is -0.148. The second kappa shape index (κ2) is 3.39. The summed E-state index contributed by atoms with van der Waals surface area (Å²) in [6, 6.07) is 1.80. The Morgan fingerprint density at radius 2 is 1.82 bits per heavy atom. The summed E-state index contributed by atoms with van der Waals surface area (Å²) in [7, 11) is 0. The number of rotatable bonds is 0. The molecule has 0 saturated carbocycles. The van der Waals surface area contributed by atoms with Gasteiger partial charge in [-0.15, -0.1) is 0 Å². The van der Waals surface area contributed by atoms with E-state index in [0.717, 1.165) is 16.7 Å². The zero-order chi connectivity index (χ0) is 13.0. The molecule has 1 atom stereocenters. The first-order valence-electron chi connectivity index (χ1n) is 5.89. The van der Waals surface area contributed by atoms with E-state index in [4.69, 9.17) is 4.74 Å². The topological polar surface area (TPSA) is 49.7 Å². The van der Waals surface area contributed by atoms with Crippen molar-refractivity contribution in [2.75, 3.05) is 0 Å². The SMILES string of the molecule is Cc1cc2c(c(C)c1O)C(C)(C)C[C@@](C)(O)O2. The van der Waals surface area contributed by atoms with Gasteiger partial charge in [-0.3, -0.25) is 0 Å². The van der Waals surface area contributed by atoms with Crippen molar-refractivity contribution in [3.05, 3.63) is 22.8 Å². The number of ether oxygens (including phenoxy) is 1. The first-order valence-corrected chi connectivity index (χ1v) is 5.89. The Morgan fingerprint density at radius 3 is 2.41 bits per heavy atom. The third-order valence-electron chi connectivity index (χ3n) is 3.47. The second-order valence-corrected chi connectivity index (χ2v) is 5.88. The fraction of sp³-hybridized carbons (Fsp3) is 0.571. The van der Waals surface area contributed by atoms with E-state index in [1.807, 2.05) is 13.8 Å². The lowest BCUT2D eigenvalue weighted by atomic mass is 9.74. The van der Waals surface area contributed by atoms with Crippen LogP contribution in [0.5, 0.6) is 11.5 Å². The molecule has 1 aliphatic heterocycles. The van der Waals surface area contributed by atoms with Crippen molar-refractivity contribution in [2.24, 2.45) is 0 Å². The van der Waals surface area contributed by atoms with Crippen molar-refractivity contribution in [1.29, 1.82) is 0 Å². The van der Waals surface area contributed by atoms with Crippen molar-refractivity contribution in [1.82, 2.24) is 0 Å². The molecular weight excluding hydrogens is 216 g/mol. The molecule has 0 aliphatic carbocycles. The van der Waals surface area contributed by atoms with E-state index in [1.54, 1.807) is 13.0 Å². The zero-order valence-electron chi connectivity index (χ0n) is 11.1. The van der Waals surface area contributed by atoms with Crippen molar-refractivity contribution in [3.8, 4) is 11.5 Å². The summed E-state index contributed by atoms with van der Waals surface area (Å²) in [6.45, 7) is 9.53. The third-order valence-corrected chi connectivity index (χ3v) is 3.47. The van der Waals surface area contributed by atoms with Gasteiger partial charge in [-0.25, -0.2) is 0 Å². The Hall–Kier alpha value is -1.22. The number of benzene rings is 1. The molecule has 0 spiro atoms. The number of hydrogen-bond donors (Lipinski definition) is 2.